The Hall–Kier alpha value is -14.3. The molecular formula is C107H100Cl2F4N12O9. The molecule has 20 rings (SSSR count). The molecule has 4 fully saturated rings. The summed E-state index contributed by atoms with van der Waals surface area (Å²) in [5, 5.41) is 12.4. The lowest BCUT2D eigenvalue weighted by atomic mass is 9.95. The first-order valence-corrected chi connectivity index (χ1v) is 46.4. The molecule has 0 radical (unpaired) electrons. The topological polar surface area (TPSA) is 249 Å². The van der Waals surface area contributed by atoms with Crippen LogP contribution in [0.5, 0.6) is 5.75 Å². The summed E-state index contributed by atoms with van der Waals surface area (Å²) in [6, 6.07) is 69.1. The van der Waals surface area contributed by atoms with Crippen molar-refractivity contribution in [1.82, 2.24) is 38.2 Å². The van der Waals surface area contributed by atoms with Crippen LogP contribution in [0.4, 0.5) is 40.3 Å². The summed E-state index contributed by atoms with van der Waals surface area (Å²) >= 11 is 12.1. The van der Waals surface area contributed by atoms with Gasteiger partial charge in [0.05, 0.1) is 65.9 Å². The van der Waals surface area contributed by atoms with Crippen molar-refractivity contribution in [2.75, 3.05) is 28.4 Å². The van der Waals surface area contributed by atoms with Crippen LogP contribution in [0.2, 0.25) is 10.0 Å². The van der Waals surface area contributed by atoms with E-state index in [1.165, 1.54) is 113 Å². The molecule has 8 aromatic heterocycles. The molecule has 16 aromatic rings. The maximum absolute atomic E-state index is 13.6. The predicted molar refractivity (Wildman–Crippen MR) is 513 cm³/mol. The highest BCUT2D eigenvalue weighted by atomic mass is 35.5. The van der Waals surface area contributed by atoms with Gasteiger partial charge in [0.25, 0.3) is 23.6 Å². The second-order valence-corrected chi connectivity index (χ2v) is 34.7. The number of anilines is 4. The van der Waals surface area contributed by atoms with Crippen molar-refractivity contribution >= 4 is 69.6 Å². The Morgan fingerprint density at radius 3 is 0.948 bits per heavy atom. The van der Waals surface area contributed by atoms with Gasteiger partial charge in [0.15, 0.2) is 46.1 Å². The smallest absolute Gasteiger partial charge is 0.291 e. The molecule has 684 valence electrons. The fraction of sp³-hybridized carbons (Fsp3) is 0.252. The summed E-state index contributed by atoms with van der Waals surface area (Å²) in [5.74, 6) is 1.17. The van der Waals surface area contributed by atoms with Crippen molar-refractivity contribution in [3.8, 4) is 96.6 Å². The van der Waals surface area contributed by atoms with Crippen LogP contribution in [0.3, 0.4) is 0 Å². The van der Waals surface area contributed by atoms with Crippen LogP contribution in [0.25, 0.3) is 90.8 Å². The molecule has 4 aliphatic carbocycles. The van der Waals surface area contributed by atoms with E-state index in [1.807, 2.05) is 55.6 Å². The summed E-state index contributed by atoms with van der Waals surface area (Å²) in [5.41, 5.74) is 12.9. The fourth-order valence-corrected chi connectivity index (χ4v) is 18.3. The molecule has 21 nitrogen and oxygen atoms in total. The number of carbonyl (C=O) groups excluding carboxylic acids is 4. The zero-order valence-electron chi connectivity index (χ0n) is 74.1. The predicted octanol–water partition coefficient (Wildman–Crippen LogP) is 28.7. The van der Waals surface area contributed by atoms with Gasteiger partial charge in [-0.1, -0.05) is 131 Å². The van der Waals surface area contributed by atoms with E-state index in [9.17, 15) is 36.7 Å². The number of aryl methyl sites for hydroxylation is 1. The molecule has 4 amide bonds. The van der Waals surface area contributed by atoms with E-state index in [1.54, 1.807) is 171 Å². The molecule has 0 unspecified atom stereocenters. The number of ether oxygens (including phenoxy) is 1. The number of benzene rings is 8. The summed E-state index contributed by atoms with van der Waals surface area (Å²) < 4.78 is 92.1. The summed E-state index contributed by atoms with van der Waals surface area (Å²) in [6.45, 7) is 2.08. The van der Waals surface area contributed by atoms with Gasteiger partial charge in [-0.3, -0.25) is 19.2 Å². The molecule has 8 aromatic carbocycles. The molecule has 0 atom stereocenters. The van der Waals surface area contributed by atoms with Crippen LogP contribution in [-0.2, 0) is 6.42 Å². The second-order valence-electron chi connectivity index (χ2n) is 33.8. The van der Waals surface area contributed by atoms with Crippen LogP contribution < -0.4 is 26.0 Å². The Balaban J connectivity index is 0.000000124. The third kappa shape index (κ3) is 21.9. The number of carbonyl (C=O) groups is 4. The van der Waals surface area contributed by atoms with Gasteiger partial charge < -0.3 is 61.9 Å². The number of nitrogens with zero attached hydrogens (tertiary/aromatic N) is 8. The Morgan fingerprint density at radius 1 is 0.343 bits per heavy atom. The minimum atomic E-state index is -0.388. The second kappa shape index (κ2) is 42.9. The quantitative estimate of drug-likeness (QED) is 0.0462. The molecule has 4 N–H and O–H groups in total. The van der Waals surface area contributed by atoms with Gasteiger partial charge >= 0.3 is 0 Å². The van der Waals surface area contributed by atoms with Gasteiger partial charge in [0.2, 0.25) is 0 Å². The highest BCUT2D eigenvalue weighted by Crippen LogP contribution is 2.45. The zero-order chi connectivity index (χ0) is 92.6. The first-order valence-electron chi connectivity index (χ1n) is 45.6. The number of hydrogen-bond donors (Lipinski definition) is 4. The van der Waals surface area contributed by atoms with Crippen LogP contribution >= 0.6 is 23.2 Å². The lowest BCUT2D eigenvalue weighted by Gasteiger charge is -2.24. The van der Waals surface area contributed by atoms with E-state index in [-0.39, 0.29) is 69.9 Å². The van der Waals surface area contributed by atoms with Crippen molar-refractivity contribution in [3.63, 3.8) is 0 Å². The average molecular weight is 1840 g/mol. The van der Waals surface area contributed by atoms with Crippen LogP contribution in [0, 0.1) is 23.3 Å². The molecule has 4 aliphatic rings. The van der Waals surface area contributed by atoms with Crippen LogP contribution in [0.15, 0.2) is 286 Å². The number of methoxy groups -OCH3 is 1. The average Bonchev–Trinajstić information content (AvgIpc) is 1.64. The number of halogens is 6. The van der Waals surface area contributed by atoms with Crippen molar-refractivity contribution < 1.29 is 59.1 Å². The number of nitrogens with one attached hydrogen (secondary N) is 4. The Morgan fingerprint density at radius 2 is 0.642 bits per heavy atom. The number of para-hydroxylation sites is 1. The fourth-order valence-electron chi connectivity index (χ4n) is 18.0. The Kier molecular flexibility index (Phi) is 29.3. The molecular weight excluding hydrogens is 1740 g/mol. The third-order valence-electron chi connectivity index (χ3n) is 24.9. The molecule has 4 saturated carbocycles. The minimum absolute atomic E-state index is 0.173. The van der Waals surface area contributed by atoms with Gasteiger partial charge in [0, 0.05) is 68.5 Å². The Labute approximate surface area is 783 Å². The number of amides is 4. The van der Waals surface area contributed by atoms with Gasteiger partial charge in [-0.25, -0.2) is 37.5 Å². The van der Waals surface area contributed by atoms with Crippen molar-refractivity contribution in [2.24, 2.45) is 0 Å². The number of rotatable bonds is 22. The van der Waals surface area contributed by atoms with E-state index >= 15 is 0 Å². The number of imidazole rings is 4. The highest BCUT2D eigenvalue weighted by molar-refractivity contribution is 6.34. The maximum Gasteiger partial charge on any atom is 0.291 e. The first-order chi connectivity index (χ1) is 65.4. The summed E-state index contributed by atoms with van der Waals surface area (Å²) in [4.78, 5) is 70.0. The third-order valence-corrected chi connectivity index (χ3v) is 25.5. The first kappa shape index (κ1) is 91.6. The number of aromatic nitrogens is 8. The van der Waals surface area contributed by atoms with Crippen LogP contribution in [-0.4, -0.2) is 68.9 Å². The van der Waals surface area contributed by atoms with Crippen molar-refractivity contribution in [1.29, 1.82) is 0 Å². The number of hydrogen-bond acceptors (Lipinski definition) is 13. The molecule has 0 bridgehead atoms. The van der Waals surface area contributed by atoms with E-state index < -0.39 is 0 Å². The maximum atomic E-state index is 13.6. The van der Waals surface area contributed by atoms with Gasteiger partial charge in [-0.2, -0.15) is 0 Å². The van der Waals surface area contributed by atoms with Gasteiger partial charge in [-0.05, 0) is 282 Å². The van der Waals surface area contributed by atoms with Gasteiger partial charge in [0.1, 0.15) is 51.8 Å². The minimum Gasteiger partial charge on any atom is -0.497 e. The van der Waals surface area contributed by atoms with E-state index in [2.05, 4.69) is 66.4 Å². The summed E-state index contributed by atoms with van der Waals surface area (Å²) in [6.07, 6.45) is 31.1. The molecule has 8 heterocycles. The normalized spacial score (nSPS) is 14.3. The lowest BCUT2D eigenvalue weighted by Crippen LogP contribution is -2.13. The molecule has 0 aliphatic heterocycles. The van der Waals surface area contributed by atoms with Crippen molar-refractivity contribution in [2.45, 2.75) is 166 Å². The standard InChI is InChI=1S/C28H28FN3O2.C27H26FN3O3.2C26H23ClFN3O2/c1-2-19-7-6-8-22(17-19)31-28(33)25-16-15-24(34-25)27-26(20-11-13-21(29)14-12-20)30-18-32(27)23-9-4-3-5-10-23;1-33-22-13-11-20(12-14-22)30-27(32)24-16-15-23(34-24)26-25(18-7-9-19(28)10-8-18)29-17-31(26)21-5-3-2-4-6-21;27-20-8-4-5-9-21(20)30-26(32)23-15-14-22(33-23)25-24(17-10-12-18(28)13-11-17)29-16-31(25)19-6-2-1-3-7-19;27-18-8-12-20(13-9-18)30-26(32)23-15-14-22(33-23)25-24(17-6-10-19(28)11-7-17)29-16-31(25)21-4-2-1-3-5-21/h6-8,11-18,23H,2-5,9-10H2,1H3,(H,31,33);7-17,21H,2-6H2,1H3,(H,30,32);4-5,8-16,19H,1-3,6-7H2,(H,30,32);6-16,21H,1-5H2,(H,30,32). The van der Waals surface area contributed by atoms with Crippen molar-refractivity contribution in [3.05, 3.63) is 330 Å². The SMILES string of the molecule is CCc1cccc(NC(=O)c2ccc(-c3c(-c4ccc(F)cc4)ncn3C3CCCCC3)o2)c1.COc1ccc(NC(=O)c2ccc(-c3c(-c4ccc(F)cc4)ncn3C3CCCCC3)o2)cc1.O=C(Nc1ccc(Cl)cc1)c1ccc(-c2c(-c3ccc(F)cc3)ncn2C2CCCCC2)o1.O=C(Nc1ccccc1Cl)c1ccc(-c2c(-c3ccc(F)cc3)ncn2C2CCCCC2)o1. The molecule has 0 spiro atoms. The molecule has 27 heteroatoms. The monoisotopic (exact) mass is 1840 g/mol. The molecule has 134 heavy (non-hydrogen) atoms. The van der Waals surface area contributed by atoms with E-state index in [0.29, 0.717) is 97.1 Å². The van der Waals surface area contributed by atoms with Crippen LogP contribution in [0.1, 0.15) is 207 Å². The largest absolute Gasteiger partial charge is 0.497 e. The van der Waals surface area contributed by atoms with E-state index in [0.717, 1.165) is 133 Å². The zero-order valence-corrected chi connectivity index (χ0v) is 75.6. The molecule has 0 saturated heterocycles. The highest BCUT2D eigenvalue weighted by Gasteiger charge is 2.32. The van der Waals surface area contributed by atoms with E-state index in [4.69, 9.17) is 45.6 Å². The summed E-state index contributed by atoms with van der Waals surface area (Å²) in [7, 11) is 1.59. The number of furan rings is 4. The lowest BCUT2D eigenvalue weighted by molar-refractivity contribution is 0.0990. The Bertz CT molecular complexity index is 6690. The van der Waals surface area contributed by atoms with Gasteiger partial charge in [-0.15, -0.1) is 0 Å².